The molecule has 5 aliphatic rings. The maximum atomic E-state index is 14.1. The van der Waals surface area contributed by atoms with Gasteiger partial charge in [-0.25, -0.2) is 23.1 Å². The Bertz CT molecular complexity index is 2800. The fourth-order valence-corrected chi connectivity index (χ4v) is 11.9. The molecule has 2 aliphatic heterocycles. The summed E-state index contributed by atoms with van der Waals surface area (Å²) >= 11 is 0. The van der Waals surface area contributed by atoms with E-state index < -0.39 is 37.1 Å². The van der Waals surface area contributed by atoms with Crippen LogP contribution in [0.5, 0.6) is 11.5 Å². The molecule has 1 spiro atoms. The quantitative estimate of drug-likeness (QED) is 0.0748. The second-order valence-electron chi connectivity index (χ2n) is 19.2. The first kappa shape index (κ1) is 43.8. The second kappa shape index (κ2) is 17.9. The Morgan fingerprint density at radius 3 is 2.55 bits per heavy atom. The number of sulfonamides is 1. The lowest BCUT2D eigenvalue weighted by molar-refractivity contribution is -0.384. The first-order chi connectivity index (χ1) is 32.0. The molecule has 16 nitrogen and oxygen atoms in total. The van der Waals surface area contributed by atoms with Gasteiger partial charge in [-0.05, 0) is 110 Å². The third kappa shape index (κ3) is 8.93. The highest BCUT2D eigenvalue weighted by Gasteiger charge is 2.50. The van der Waals surface area contributed by atoms with E-state index in [1.807, 2.05) is 10.8 Å². The number of morpholine rings is 1. The van der Waals surface area contributed by atoms with E-state index >= 15 is 0 Å². The predicted molar refractivity (Wildman–Crippen MR) is 248 cm³/mol. The Morgan fingerprint density at radius 2 is 1.80 bits per heavy atom. The number of ether oxygens (including phenoxy) is 2. The summed E-state index contributed by atoms with van der Waals surface area (Å²) < 4.78 is 42.3. The summed E-state index contributed by atoms with van der Waals surface area (Å²) in [6, 6.07) is 20.9. The van der Waals surface area contributed by atoms with Crippen molar-refractivity contribution in [1.29, 1.82) is 5.26 Å². The zero-order chi connectivity index (χ0) is 45.6. The summed E-state index contributed by atoms with van der Waals surface area (Å²) in [4.78, 5) is 41.3. The van der Waals surface area contributed by atoms with E-state index in [1.54, 1.807) is 30.5 Å². The lowest BCUT2D eigenvalue weighted by atomic mass is 9.59. The van der Waals surface area contributed by atoms with Crippen molar-refractivity contribution in [3.63, 3.8) is 0 Å². The molecule has 1 atom stereocenters. The Labute approximate surface area is 384 Å². The van der Waals surface area contributed by atoms with Crippen LogP contribution in [0.2, 0.25) is 0 Å². The van der Waals surface area contributed by atoms with Crippen LogP contribution in [-0.4, -0.2) is 84.5 Å². The molecule has 2 saturated heterocycles. The molecule has 10 rings (SSSR count). The van der Waals surface area contributed by atoms with Crippen molar-refractivity contribution in [2.75, 3.05) is 49.6 Å². The molecule has 5 aromatic rings. The molecule has 3 aromatic heterocycles. The van der Waals surface area contributed by atoms with Gasteiger partial charge in [0.05, 0.1) is 35.9 Å². The lowest BCUT2D eigenvalue weighted by Gasteiger charge is -2.57. The number of pyridine rings is 2. The van der Waals surface area contributed by atoms with Gasteiger partial charge in [0.25, 0.3) is 15.9 Å². The van der Waals surface area contributed by atoms with Gasteiger partial charge in [-0.1, -0.05) is 44.0 Å². The third-order valence-corrected chi connectivity index (χ3v) is 16.2. The molecule has 5 heterocycles. The van der Waals surface area contributed by atoms with Crippen LogP contribution in [0, 0.1) is 38.7 Å². The minimum absolute atomic E-state index is 0.0898. The van der Waals surface area contributed by atoms with E-state index in [2.05, 4.69) is 61.3 Å². The number of carbonyl (C=O) groups is 1. The first-order valence-electron chi connectivity index (χ1n) is 23.3. The minimum atomic E-state index is -4.86. The molecule has 3 N–H and O–H groups in total. The number of hydrogen-bond acceptors (Lipinski definition) is 13. The molecular weight excluding hydrogens is 859 g/mol. The Kier molecular flexibility index (Phi) is 11.9. The maximum Gasteiger partial charge on any atom is 0.312 e. The van der Waals surface area contributed by atoms with Gasteiger partial charge in [-0.15, -0.1) is 0 Å². The number of anilines is 2. The van der Waals surface area contributed by atoms with Crippen LogP contribution in [0.15, 0.2) is 78.0 Å². The van der Waals surface area contributed by atoms with Crippen LogP contribution in [0.1, 0.15) is 110 Å². The molecule has 66 heavy (non-hydrogen) atoms. The molecule has 0 radical (unpaired) electrons. The fraction of sp³-hybridized carbons (Fsp3) is 0.469. The van der Waals surface area contributed by atoms with Crippen LogP contribution in [0.25, 0.3) is 11.0 Å². The molecule has 344 valence electrons. The molecule has 0 unspecified atom stereocenters. The number of nitrogens with one attached hydrogen (secondary N) is 3. The molecule has 3 aliphatic carbocycles. The Balaban J connectivity index is 0.859. The highest BCUT2D eigenvalue weighted by molar-refractivity contribution is 7.90. The number of aromatic amines is 1. The summed E-state index contributed by atoms with van der Waals surface area (Å²) in [5, 5.41) is 26.0. The van der Waals surface area contributed by atoms with Crippen molar-refractivity contribution in [2.24, 2.45) is 17.3 Å². The van der Waals surface area contributed by atoms with Crippen LogP contribution in [-0.2, 0) is 14.8 Å². The van der Waals surface area contributed by atoms with E-state index in [1.165, 1.54) is 36.2 Å². The van der Waals surface area contributed by atoms with E-state index in [0.29, 0.717) is 35.8 Å². The fourth-order valence-electron chi connectivity index (χ4n) is 10.9. The topological polar surface area (TPSA) is 209 Å². The molecule has 2 aromatic carbocycles. The molecule has 5 fully saturated rings. The van der Waals surface area contributed by atoms with Crippen molar-refractivity contribution >= 4 is 44.2 Å². The van der Waals surface area contributed by atoms with Gasteiger partial charge < -0.3 is 24.7 Å². The van der Waals surface area contributed by atoms with Gasteiger partial charge >= 0.3 is 5.69 Å². The van der Waals surface area contributed by atoms with Crippen molar-refractivity contribution in [2.45, 2.75) is 94.0 Å². The third-order valence-electron chi connectivity index (χ3n) is 14.8. The predicted octanol–water partition coefficient (Wildman–Crippen LogP) is 8.59. The average Bonchev–Trinajstić information content (AvgIpc) is 4.06. The van der Waals surface area contributed by atoms with Gasteiger partial charge in [0, 0.05) is 61.6 Å². The van der Waals surface area contributed by atoms with Crippen molar-refractivity contribution in [3.8, 4) is 17.6 Å². The van der Waals surface area contributed by atoms with E-state index in [9.17, 15) is 28.6 Å². The number of H-pyrrole nitrogens is 1. The molecule has 0 bridgehead atoms. The van der Waals surface area contributed by atoms with Crippen LogP contribution < -0.4 is 19.7 Å². The standard InChI is InChI=1S/C49H55N9O7S/c1-31-6-8-32(9-7-31)28-52-47-42(58(60)61)24-45(41(27-50)54-47)66(62,63)55-48(59)40-13-12-35(23-44(40)65-37-22-34-14-17-51-46(34)53-29-37)56-18-15-49(16-19-56)25-36(26-49)57-20-21-64-30-43(57)39-5-3-2-4-38(39)33-10-11-33/h2-5,12-14,17,22-24,29,31-33,36,43H,6-11,15-16,18-21,25-26,28,30H2,1H3,(H,51,53)(H,52,54)(H,55,59)/t31?,32?,43-/m0/s1. The van der Waals surface area contributed by atoms with E-state index in [0.717, 1.165) is 101 Å². The molecule has 17 heteroatoms. The number of benzene rings is 2. The van der Waals surface area contributed by atoms with Gasteiger partial charge in [0.1, 0.15) is 28.1 Å². The lowest BCUT2D eigenvalue weighted by Crippen LogP contribution is -2.58. The van der Waals surface area contributed by atoms with Crippen molar-refractivity contribution < 1.29 is 27.6 Å². The normalized spacial score (nSPS) is 22.4. The zero-order valence-corrected chi connectivity index (χ0v) is 37.9. The summed E-state index contributed by atoms with van der Waals surface area (Å²) in [7, 11) is -4.86. The monoisotopic (exact) mass is 913 g/mol. The molecule has 1 amide bonds. The highest BCUT2D eigenvalue weighted by Crippen LogP contribution is 2.54. The summed E-state index contributed by atoms with van der Waals surface area (Å²) in [5.41, 5.74) is 3.33. The number of hydrogen-bond donors (Lipinski definition) is 3. The SMILES string of the molecule is CC1CCC(CNc2nc(C#N)c(S(=O)(=O)NC(=O)c3ccc(N4CCC5(CC4)CC(N4CCOC[C@H]4c4ccccc4C4CC4)C5)cc3Oc3cnc4[nH]ccc4c3)cc2[N+](=O)[O-])CC1. The number of fused-ring (bicyclic) bond motifs is 1. The van der Waals surface area contributed by atoms with Crippen LogP contribution in [0.3, 0.4) is 0 Å². The van der Waals surface area contributed by atoms with Crippen LogP contribution in [0.4, 0.5) is 17.2 Å². The number of rotatable bonds is 13. The van der Waals surface area contributed by atoms with Crippen molar-refractivity contribution in [3.05, 3.63) is 106 Å². The van der Waals surface area contributed by atoms with Gasteiger partial charge in [0.15, 0.2) is 5.69 Å². The van der Waals surface area contributed by atoms with E-state index in [4.69, 9.17) is 9.47 Å². The van der Waals surface area contributed by atoms with Crippen molar-refractivity contribution in [1.82, 2.24) is 24.6 Å². The number of amides is 1. The number of nitrogens with zero attached hydrogens (tertiary/aromatic N) is 6. The molecular formula is C49H55N9O7S. The molecule has 3 saturated carbocycles. The number of piperidine rings is 1. The van der Waals surface area contributed by atoms with Gasteiger partial charge in [0.2, 0.25) is 5.82 Å². The summed E-state index contributed by atoms with van der Waals surface area (Å²) in [6.07, 6.45) is 14.1. The summed E-state index contributed by atoms with van der Waals surface area (Å²) in [6.45, 7) is 6.61. The first-order valence-corrected chi connectivity index (χ1v) is 24.8. The average molecular weight is 914 g/mol. The highest BCUT2D eigenvalue weighted by atomic mass is 32.2. The zero-order valence-electron chi connectivity index (χ0n) is 37.1. The van der Waals surface area contributed by atoms with Gasteiger partial charge in [-0.3, -0.25) is 19.8 Å². The Morgan fingerprint density at radius 1 is 1.03 bits per heavy atom. The summed E-state index contributed by atoms with van der Waals surface area (Å²) in [5.74, 6) is 0.721. The minimum Gasteiger partial charge on any atom is -0.455 e. The van der Waals surface area contributed by atoms with Gasteiger partial charge in [-0.2, -0.15) is 5.26 Å². The number of nitriles is 1. The van der Waals surface area contributed by atoms with E-state index in [-0.39, 0.29) is 34.5 Å². The van der Waals surface area contributed by atoms with Crippen LogP contribution >= 0.6 is 0 Å². The number of nitro groups is 1. The maximum absolute atomic E-state index is 14.1. The number of carbonyl (C=O) groups excluding carboxylic acids is 1. The largest absolute Gasteiger partial charge is 0.455 e. The smallest absolute Gasteiger partial charge is 0.312 e. The number of aromatic nitrogens is 3. The Hall–Kier alpha value is -6.09. The second-order valence-corrected chi connectivity index (χ2v) is 20.8.